The van der Waals surface area contributed by atoms with Crippen LogP contribution >= 0.6 is 11.6 Å². The van der Waals surface area contributed by atoms with Crippen molar-refractivity contribution in [3.8, 4) is 11.8 Å². The van der Waals surface area contributed by atoms with E-state index in [1.807, 2.05) is 19.1 Å². The van der Waals surface area contributed by atoms with Crippen molar-refractivity contribution in [1.82, 2.24) is 0 Å². The number of amides is 1. The zero-order valence-electron chi connectivity index (χ0n) is 11.6. The highest BCUT2D eigenvalue weighted by molar-refractivity contribution is 6.30. The molecule has 0 heterocycles. The van der Waals surface area contributed by atoms with Crippen LogP contribution in [0.4, 0.5) is 5.69 Å². The van der Waals surface area contributed by atoms with Crippen molar-refractivity contribution in [2.24, 2.45) is 5.73 Å². The van der Waals surface area contributed by atoms with Crippen LogP contribution in [0.15, 0.2) is 42.5 Å². The molecule has 4 heteroatoms. The number of carbonyl (C=O) groups is 1. The van der Waals surface area contributed by atoms with Crippen LogP contribution in [-0.2, 0) is 0 Å². The smallest absolute Gasteiger partial charge is 0.255 e. The number of nitrogens with two attached hydrogens (primary N) is 1. The average molecular weight is 299 g/mol. The molecule has 21 heavy (non-hydrogen) atoms. The van der Waals surface area contributed by atoms with Crippen LogP contribution in [0, 0.1) is 18.8 Å². The molecule has 0 aliphatic carbocycles. The number of carbonyl (C=O) groups excluding carboxylic acids is 1. The highest BCUT2D eigenvalue weighted by Gasteiger charge is 2.10. The van der Waals surface area contributed by atoms with E-state index in [-0.39, 0.29) is 5.91 Å². The van der Waals surface area contributed by atoms with Gasteiger partial charge in [-0.25, -0.2) is 0 Å². The molecular weight excluding hydrogens is 284 g/mol. The van der Waals surface area contributed by atoms with Crippen LogP contribution in [-0.4, -0.2) is 12.5 Å². The predicted molar refractivity (Wildman–Crippen MR) is 86.5 cm³/mol. The van der Waals surface area contributed by atoms with Crippen LogP contribution in [0.2, 0.25) is 5.02 Å². The van der Waals surface area contributed by atoms with Gasteiger partial charge in [-0.05, 0) is 48.9 Å². The number of rotatable bonds is 2. The van der Waals surface area contributed by atoms with E-state index in [0.29, 0.717) is 22.8 Å². The molecule has 0 saturated carbocycles. The van der Waals surface area contributed by atoms with Gasteiger partial charge >= 0.3 is 0 Å². The molecule has 106 valence electrons. The Morgan fingerprint density at radius 2 is 1.95 bits per heavy atom. The maximum absolute atomic E-state index is 12.3. The molecule has 0 atom stereocenters. The number of aryl methyl sites for hydroxylation is 1. The zero-order chi connectivity index (χ0) is 15.2. The number of hydrogen-bond donors (Lipinski definition) is 2. The third-order valence-corrected chi connectivity index (χ3v) is 3.17. The molecule has 0 aromatic heterocycles. The molecule has 0 bridgehead atoms. The fourth-order valence-corrected chi connectivity index (χ4v) is 1.96. The van der Waals surface area contributed by atoms with Gasteiger partial charge in [-0.2, -0.15) is 0 Å². The van der Waals surface area contributed by atoms with Gasteiger partial charge in [-0.3, -0.25) is 4.79 Å². The first-order valence-electron chi connectivity index (χ1n) is 6.46. The summed E-state index contributed by atoms with van der Waals surface area (Å²) in [5.74, 6) is 5.53. The fraction of sp³-hybridized carbons (Fsp3) is 0.118. The van der Waals surface area contributed by atoms with E-state index in [1.165, 1.54) is 0 Å². The Morgan fingerprint density at radius 3 is 2.62 bits per heavy atom. The lowest BCUT2D eigenvalue weighted by Crippen LogP contribution is -2.13. The molecule has 0 fully saturated rings. The normalized spacial score (nSPS) is 9.67. The first kappa shape index (κ1) is 15.1. The van der Waals surface area contributed by atoms with Gasteiger partial charge in [0.15, 0.2) is 0 Å². The van der Waals surface area contributed by atoms with Gasteiger partial charge in [-0.1, -0.05) is 29.5 Å². The minimum absolute atomic E-state index is 0.175. The molecule has 2 aromatic rings. The van der Waals surface area contributed by atoms with Gasteiger partial charge in [0.05, 0.1) is 6.54 Å². The Bertz CT molecular complexity index is 712. The fourth-order valence-electron chi connectivity index (χ4n) is 1.83. The largest absolute Gasteiger partial charge is 0.322 e. The summed E-state index contributed by atoms with van der Waals surface area (Å²) in [5, 5.41) is 3.47. The second-order valence-corrected chi connectivity index (χ2v) is 4.93. The Balaban J connectivity index is 2.23. The van der Waals surface area contributed by atoms with Crippen molar-refractivity contribution >= 4 is 23.2 Å². The van der Waals surface area contributed by atoms with E-state index >= 15 is 0 Å². The number of anilines is 1. The summed E-state index contributed by atoms with van der Waals surface area (Å²) in [6, 6.07) is 12.5. The van der Waals surface area contributed by atoms with Gasteiger partial charge < -0.3 is 11.1 Å². The number of benzene rings is 2. The maximum atomic E-state index is 12.3. The van der Waals surface area contributed by atoms with E-state index in [1.54, 1.807) is 30.3 Å². The van der Waals surface area contributed by atoms with Crippen LogP contribution < -0.4 is 11.1 Å². The lowest BCUT2D eigenvalue weighted by molar-refractivity contribution is 0.102. The maximum Gasteiger partial charge on any atom is 0.255 e. The van der Waals surface area contributed by atoms with Crippen molar-refractivity contribution in [3.63, 3.8) is 0 Å². The lowest BCUT2D eigenvalue weighted by Gasteiger charge is -2.08. The minimum Gasteiger partial charge on any atom is -0.322 e. The molecule has 2 aromatic carbocycles. The molecule has 0 aliphatic rings. The molecule has 0 saturated heterocycles. The number of nitrogens with one attached hydrogen (secondary N) is 1. The summed E-state index contributed by atoms with van der Waals surface area (Å²) in [5.41, 5.74) is 8.30. The second-order valence-electron chi connectivity index (χ2n) is 4.50. The Morgan fingerprint density at radius 1 is 1.24 bits per heavy atom. The van der Waals surface area contributed by atoms with Gasteiger partial charge in [-0.15, -0.1) is 0 Å². The Labute approximate surface area is 129 Å². The van der Waals surface area contributed by atoms with E-state index < -0.39 is 0 Å². The lowest BCUT2D eigenvalue weighted by atomic mass is 10.0. The summed E-state index contributed by atoms with van der Waals surface area (Å²) in [6.07, 6.45) is 0. The van der Waals surface area contributed by atoms with E-state index in [4.69, 9.17) is 17.3 Å². The minimum atomic E-state index is -0.175. The summed E-state index contributed by atoms with van der Waals surface area (Å²) in [4.78, 5) is 12.3. The molecule has 0 radical (unpaired) electrons. The van der Waals surface area contributed by atoms with Gasteiger partial charge in [0.2, 0.25) is 0 Å². The number of halogens is 1. The van der Waals surface area contributed by atoms with E-state index in [9.17, 15) is 4.79 Å². The molecule has 3 N–H and O–H groups in total. The zero-order valence-corrected chi connectivity index (χ0v) is 12.4. The highest BCUT2D eigenvalue weighted by atomic mass is 35.5. The summed E-state index contributed by atoms with van der Waals surface area (Å²) < 4.78 is 0. The SMILES string of the molecule is Cc1ccc(C#CCN)cc1C(=O)Nc1ccc(Cl)cc1. The van der Waals surface area contributed by atoms with Crippen LogP contribution in [0.25, 0.3) is 0 Å². The summed E-state index contributed by atoms with van der Waals surface area (Å²) in [7, 11) is 0. The van der Waals surface area contributed by atoms with Crippen molar-refractivity contribution in [3.05, 3.63) is 64.2 Å². The third-order valence-electron chi connectivity index (χ3n) is 2.92. The van der Waals surface area contributed by atoms with Crippen molar-refractivity contribution in [2.75, 3.05) is 11.9 Å². The van der Waals surface area contributed by atoms with Gasteiger partial charge in [0, 0.05) is 21.8 Å². The predicted octanol–water partition coefficient (Wildman–Crippen LogP) is 3.21. The topological polar surface area (TPSA) is 55.1 Å². The summed E-state index contributed by atoms with van der Waals surface area (Å²) in [6.45, 7) is 2.18. The van der Waals surface area contributed by atoms with Crippen LogP contribution in [0.3, 0.4) is 0 Å². The molecule has 2 rings (SSSR count). The van der Waals surface area contributed by atoms with Gasteiger partial charge in [0.1, 0.15) is 0 Å². The quantitative estimate of drug-likeness (QED) is 0.837. The van der Waals surface area contributed by atoms with Crippen molar-refractivity contribution < 1.29 is 4.79 Å². The van der Waals surface area contributed by atoms with Crippen LogP contribution in [0.5, 0.6) is 0 Å². The molecule has 0 aliphatic heterocycles. The molecule has 0 spiro atoms. The monoisotopic (exact) mass is 298 g/mol. The van der Waals surface area contributed by atoms with E-state index in [0.717, 1.165) is 11.1 Å². The second kappa shape index (κ2) is 6.94. The van der Waals surface area contributed by atoms with Crippen molar-refractivity contribution in [1.29, 1.82) is 0 Å². The first-order valence-corrected chi connectivity index (χ1v) is 6.84. The first-order chi connectivity index (χ1) is 10.1. The van der Waals surface area contributed by atoms with Crippen molar-refractivity contribution in [2.45, 2.75) is 6.92 Å². The van der Waals surface area contributed by atoms with Crippen LogP contribution in [0.1, 0.15) is 21.5 Å². The third kappa shape index (κ3) is 4.09. The number of hydrogen-bond acceptors (Lipinski definition) is 2. The standard InChI is InChI=1S/C17H15ClN2O/c1-12-4-5-13(3-2-10-19)11-16(12)17(21)20-15-8-6-14(18)7-9-15/h4-9,11H,10,19H2,1H3,(H,20,21). The molecule has 1 amide bonds. The Hall–Kier alpha value is -2.28. The van der Waals surface area contributed by atoms with Gasteiger partial charge in [0.25, 0.3) is 5.91 Å². The molecular formula is C17H15ClN2O. The Kier molecular flexibility index (Phi) is 4.99. The highest BCUT2D eigenvalue weighted by Crippen LogP contribution is 2.16. The molecule has 3 nitrogen and oxygen atoms in total. The average Bonchev–Trinajstić information content (AvgIpc) is 2.48. The summed E-state index contributed by atoms with van der Waals surface area (Å²) >= 11 is 5.82. The van der Waals surface area contributed by atoms with E-state index in [2.05, 4.69) is 17.2 Å². The molecule has 0 unspecified atom stereocenters.